The van der Waals surface area contributed by atoms with Crippen LogP contribution in [-0.4, -0.2) is 50.7 Å². The summed E-state index contributed by atoms with van der Waals surface area (Å²) in [4.78, 5) is 31.2. The van der Waals surface area contributed by atoms with Crippen LogP contribution in [0.25, 0.3) is 11.2 Å². The molecule has 1 aliphatic heterocycles. The molecule has 2 aromatic heterocycles. The SMILES string of the molecule is CCCCOc1nc(N)c2[nH]c(=O)n(Cc3ccc(CN4CCC(CCON)CC4)cc3)c2n1. The van der Waals surface area contributed by atoms with Gasteiger partial charge >= 0.3 is 11.7 Å². The number of aromatic amines is 1. The first-order chi connectivity index (χ1) is 16.6. The predicted octanol–water partition coefficient (Wildman–Crippen LogP) is 2.42. The molecule has 34 heavy (non-hydrogen) atoms. The van der Waals surface area contributed by atoms with Crippen molar-refractivity contribution in [3.8, 4) is 6.01 Å². The molecular weight excluding hydrogens is 434 g/mol. The van der Waals surface area contributed by atoms with Gasteiger partial charge in [0.05, 0.1) is 19.8 Å². The Hall–Kier alpha value is -2.95. The van der Waals surface area contributed by atoms with Crippen LogP contribution in [0.3, 0.4) is 0 Å². The van der Waals surface area contributed by atoms with Crippen LogP contribution in [0, 0.1) is 5.92 Å². The summed E-state index contributed by atoms with van der Waals surface area (Å²) in [6.45, 7) is 6.72. The average molecular weight is 470 g/mol. The molecule has 3 heterocycles. The van der Waals surface area contributed by atoms with Crippen molar-refractivity contribution in [3.05, 3.63) is 45.9 Å². The minimum atomic E-state index is -0.270. The maximum absolute atomic E-state index is 12.6. The maximum atomic E-state index is 12.6. The monoisotopic (exact) mass is 469 g/mol. The average Bonchev–Trinajstić information content (AvgIpc) is 3.16. The number of imidazole rings is 1. The van der Waals surface area contributed by atoms with Crippen LogP contribution in [-0.2, 0) is 17.9 Å². The van der Waals surface area contributed by atoms with Gasteiger partial charge in [-0.2, -0.15) is 9.97 Å². The second-order valence-electron chi connectivity index (χ2n) is 9.00. The smallest absolute Gasteiger partial charge is 0.328 e. The number of nitrogens with two attached hydrogens (primary N) is 2. The zero-order valence-electron chi connectivity index (χ0n) is 19.8. The molecule has 0 saturated carbocycles. The van der Waals surface area contributed by atoms with Gasteiger partial charge in [0, 0.05) is 6.54 Å². The number of hydrogen-bond donors (Lipinski definition) is 3. The van der Waals surface area contributed by atoms with E-state index < -0.39 is 0 Å². The summed E-state index contributed by atoms with van der Waals surface area (Å²) in [5, 5.41) is 0. The highest BCUT2D eigenvalue weighted by Gasteiger charge is 2.19. The second-order valence-corrected chi connectivity index (χ2v) is 9.00. The Bertz CT molecular complexity index is 1120. The number of unbranched alkanes of at least 4 members (excludes halogenated alkanes) is 1. The van der Waals surface area contributed by atoms with E-state index in [0.29, 0.717) is 36.8 Å². The van der Waals surface area contributed by atoms with Gasteiger partial charge in [-0.15, -0.1) is 0 Å². The first-order valence-electron chi connectivity index (χ1n) is 12.1. The van der Waals surface area contributed by atoms with E-state index in [1.54, 1.807) is 4.57 Å². The molecule has 0 unspecified atom stereocenters. The van der Waals surface area contributed by atoms with Crippen LogP contribution in [0.2, 0.25) is 0 Å². The number of piperidine rings is 1. The summed E-state index contributed by atoms with van der Waals surface area (Å²) >= 11 is 0. The highest BCUT2D eigenvalue weighted by molar-refractivity contribution is 5.81. The van der Waals surface area contributed by atoms with Crippen molar-refractivity contribution in [1.29, 1.82) is 0 Å². The number of ether oxygens (including phenoxy) is 1. The number of nitrogen functional groups attached to an aromatic ring is 1. The molecule has 1 fully saturated rings. The van der Waals surface area contributed by atoms with E-state index in [1.165, 1.54) is 18.4 Å². The Morgan fingerprint density at radius 2 is 1.79 bits per heavy atom. The third-order valence-electron chi connectivity index (χ3n) is 6.48. The lowest BCUT2D eigenvalue weighted by molar-refractivity contribution is 0.101. The lowest BCUT2D eigenvalue weighted by atomic mass is 9.93. The fourth-order valence-corrected chi connectivity index (χ4v) is 4.41. The highest BCUT2D eigenvalue weighted by Crippen LogP contribution is 2.22. The lowest BCUT2D eigenvalue weighted by Crippen LogP contribution is -2.33. The second kappa shape index (κ2) is 11.5. The molecule has 1 aromatic carbocycles. The molecule has 0 bridgehead atoms. The molecule has 3 aromatic rings. The summed E-state index contributed by atoms with van der Waals surface area (Å²) in [7, 11) is 0. The van der Waals surface area contributed by atoms with E-state index in [-0.39, 0.29) is 17.5 Å². The topological polar surface area (TPSA) is 137 Å². The van der Waals surface area contributed by atoms with Gasteiger partial charge in [-0.25, -0.2) is 10.7 Å². The summed E-state index contributed by atoms with van der Waals surface area (Å²) in [6.07, 6.45) is 5.30. The van der Waals surface area contributed by atoms with Crippen LogP contribution in [0.5, 0.6) is 6.01 Å². The first-order valence-corrected chi connectivity index (χ1v) is 12.1. The van der Waals surface area contributed by atoms with E-state index >= 15 is 0 Å². The lowest BCUT2D eigenvalue weighted by Gasteiger charge is -2.31. The van der Waals surface area contributed by atoms with Crippen molar-refractivity contribution in [3.63, 3.8) is 0 Å². The number of nitrogens with one attached hydrogen (secondary N) is 1. The van der Waals surface area contributed by atoms with Crippen molar-refractivity contribution < 1.29 is 9.57 Å². The number of fused-ring (bicyclic) bond motifs is 1. The fourth-order valence-electron chi connectivity index (χ4n) is 4.41. The molecule has 0 amide bonds. The number of rotatable bonds is 11. The molecule has 1 aliphatic rings. The molecule has 1 saturated heterocycles. The number of H-pyrrole nitrogens is 1. The van der Waals surface area contributed by atoms with E-state index in [4.69, 9.17) is 21.2 Å². The van der Waals surface area contributed by atoms with Gasteiger partial charge in [-0.05, 0) is 55.8 Å². The number of hydrogen-bond acceptors (Lipinski definition) is 8. The third kappa shape index (κ3) is 5.94. The summed E-state index contributed by atoms with van der Waals surface area (Å²) in [5.74, 6) is 6.06. The van der Waals surface area contributed by atoms with Crippen LogP contribution in [0.4, 0.5) is 5.82 Å². The Balaban J connectivity index is 1.40. The zero-order valence-corrected chi connectivity index (χ0v) is 19.8. The molecule has 10 heteroatoms. The third-order valence-corrected chi connectivity index (χ3v) is 6.48. The molecule has 4 rings (SSSR count). The van der Waals surface area contributed by atoms with Gasteiger partial charge in [0.1, 0.15) is 5.52 Å². The summed E-state index contributed by atoms with van der Waals surface area (Å²) < 4.78 is 7.19. The molecule has 0 radical (unpaired) electrons. The van der Waals surface area contributed by atoms with E-state index in [1.807, 2.05) is 0 Å². The van der Waals surface area contributed by atoms with Gasteiger partial charge in [0.25, 0.3) is 0 Å². The van der Waals surface area contributed by atoms with Gasteiger partial charge in [-0.3, -0.25) is 9.47 Å². The Labute approximate surface area is 199 Å². The number of likely N-dealkylation sites (tertiary alicyclic amines) is 1. The minimum Gasteiger partial charge on any atom is -0.463 e. The maximum Gasteiger partial charge on any atom is 0.328 e. The molecule has 0 aliphatic carbocycles. The van der Waals surface area contributed by atoms with Crippen molar-refractivity contribution in [2.75, 3.05) is 32.0 Å². The summed E-state index contributed by atoms with van der Waals surface area (Å²) in [5.41, 5.74) is 8.94. The van der Waals surface area contributed by atoms with Crippen LogP contribution >= 0.6 is 0 Å². The standard InChI is InChI=1S/C24H35N7O3/c1-2-3-13-33-23-28-21(25)20-22(29-23)31(24(32)27-20)16-19-6-4-18(5-7-19)15-30-11-8-17(9-12-30)10-14-34-26/h4-7,17H,2-3,8-16,26H2,1H3,(H,27,32)(H2,25,28,29). The molecule has 5 N–H and O–H groups in total. The van der Waals surface area contributed by atoms with Gasteiger partial charge in [0.2, 0.25) is 0 Å². The Kier molecular flexibility index (Phi) is 8.15. The molecule has 0 atom stereocenters. The van der Waals surface area contributed by atoms with Crippen molar-refractivity contribution in [2.24, 2.45) is 11.8 Å². The number of anilines is 1. The molecule has 0 spiro atoms. The number of benzene rings is 1. The number of aromatic nitrogens is 4. The van der Waals surface area contributed by atoms with E-state index in [0.717, 1.165) is 44.5 Å². The van der Waals surface area contributed by atoms with Gasteiger partial charge < -0.3 is 20.3 Å². The largest absolute Gasteiger partial charge is 0.463 e. The van der Waals surface area contributed by atoms with Crippen LogP contribution in [0.1, 0.15) is 50.2 Å². The number of nitrogens with zero attached hydrogens (tertiary/aromatic N) is 4. The normalized spacial score (nSPS) is 15.2. The van der Waals surface area contributed by atoms with E-state index in [2.05, 4.69) is 51.0 Å². The van der Waals surface area contributed by atoms with Crippen LogP contribution in [0.15, 0.2) is 29.1 Å². The van der Waals surface area contributed by atoms with Crippen molar-refractivity contribution in [2.45, 2.75) is 52.1 Å². The van der Waals surface area contributed by atoms with Crippen molar-refractivity contribution in [1.82, 2.24) is 24.4 Å². The Morgan fingerprint density at radius 1 is 1.09 bits per heavy atom. The summed E-state index contributed by atoms with van der Waals surface area (Å²) in [6, 6.07) is 8.59. The van der Waals surface area contributed by atoms with Crippen molar-refractivity contribution >= 4 is 17.0 Å². The quantitative estimate of drug-likeness (QED) is 0.288. The van der Waals surface area contributed by atoms with Gasteiger partial charge in [0.15, 0.2) is 11.5 Å². The molecule has 184 valence electrons. The first kappa shape index (κ1) is 24.2. The fraction of sp³-hybridized carbons (Fsp3) is 0.542. The Morgan fingerprint density at radius 3 is 2.47 bits per heavy atom. The predicted molar refractivity (Wildman–Crippen MR) is 131 cm³/mol. The van der Waals surface area contributed by atoms with E-state index in [9.17, 15) is 4.79 Å². The van der Waals surface area contributed by atoms with Gasteiger partial charge in [-0.1, -0.05) is 37.6 Å². The minimum absolute atomic E-state index is 0.195. The molecular formula is C24H35N7O3. The van der Waals surface area contributed by atoms with Crippen LogP contribution < -0.4 is 22.1 Å². The zero-order chi connectivity index (χ0) is 23.9. The molecule has 10 nitrogen and oxygen atoms in total. The highest BCUT2D eigenvalue weighted by atomic mass is 16.6.